The van der Waals surface area contributed by atoms with Gasteiger partial charge in [-0.2, -0.15) is 0 Å². The van der Waals surface area contributed by atoms with Crippen molar-refractivity contribution in [2.75, 3.05) is 4.90 Å². The molecule has 0 saturated heterocycles. The Balaban J connectivity index is 1.14. The van der Waals surface area contributed by atoms with Gasteiger partial charge in [-0.05, 0) is 125 Å². The summed E-state index contributed by atoms with van der Waals surface area (Å²) in [5.74, 6) is 0. The van der Waals surface area contributed by atoms with Gasteiger partial charge in [0.2, 0.25) is 0 Å². The lowest BCUT2D eigenvalue weighted by Gasteiger charge is -2.37. The van der Waals surface area contributed by atoms with Gasteiger partial charge in [0.05, 0.1) is 11.1 Å². The Morgan fingerprint density at radius 2 is 0.846 bits per heavy atom. The van der Waals surface area contributed by atoms with Crippen molar-refractivity contribution in [1.82, 2.24) is 0 Å². The highest BCUT2D eigenvalue weighted by atomic mass is 16.3. The number of anilines is 3. The highest BCUT2D eigenvalue weighted by molar-refractivity contribution is 6.20. The van der Waals surface area contributed by atoms with Crippen LogP contribution >= 0.6 is 0 Å². The van der Waals surface area contributed by atoms with E-state index in [9.17, 15) is 0 Å². The molecular formula is C63H39NO. The second kappa shape index (κ2) is 13.8. The SMILES string of the molecule is c1ccc(-c2ccc(N(c3ccc4c(c3)C3(c5ccccc5-c5ccccc5-4)c4ccccc4-c4c3c3ccccc3c3ccccc43)c3cccc4c3oc3ccccc34)cc2)cc1. The van der Waals surface area contributed by atoms with E-state index in [1.165, 1.54) is 88.3 Å². The van der Waals surface area contributed by atoms with Gasteiger partial charge in [-0.15, -0.1) is 0 Å². The van der Waals surface area contributed by atoms with E-state index in [2.05, 4.69) is 241 Å². The van der Waals surface area contributed by atoms with E-state index < -0.39 is 5.41 Å². The number of furan rings is 1. The highest BCUT2D eigenvalue weighted by Crippen LogP contribution is 2.64. The molecule has 2 heteroatoms. The molecule has 12 aromatic rings. The van der Waals surface area contributed by atoms with Crippen LogP contribution in [0.15, 0.2) is 241 Å². The second-order valence-corrected chi connectivity index (χ2v) is 17.5. The van der Waals surface area contributed by atoms with Gasteiger partial charge in [-0.3, -0.25) is 0 Å². The smallest absolute Gasteiger partial charge is 0.159 e. The van der Waals surface area contributed by atoms with E-state index in [-0.39, 0.29) is 0 Å². The summed E-state index contributed by atoms with van der Waals surface area (Å²) in [7, 11) is 0. The Kier molecular flexibility index (Phi) is 7.64. The first-order valence-electron chi connectivity index (χ1n) is 22.5. The van der Waals surface area contributed by atoms with Gasteiger partial charge in [-0.1, -0.05) is 200 Å². The van der Waals surface area contributed by atoms with Gasteiger partial charge in [0.25, 0.3) is 0 Å². The molecule has 1 heterocycles. The van der Waals surface area contributed by atoms with E-state index in [0.29, 0.717) is 0 Å². The van der Waals surface area contributed by atoms with Gasteiger partial charge >= 0.3 is 0 Å². The lowest BCUT2D eigenvalue weighted by atomic mass is 9.64. The Labute approximate surface area is 376 Å². The fourth-order valence-corrected chi connectivity index (χ4v) is 11.7. The van der Waals surface area contributed by atoms with Crippen molar-refractivity contribution in [2.45, 2.75) is 5.41 Å². The number of hydrogen-bond donors (Lipinski definition) is 0. The zero-order valence-corrected chi connectivity index (χ0v) is 35.4. The molecule has 1 unspecified atom stereocenters. The predicted octanol–water partition coefficient (Wildman–Crippen LogP) is 17.0. The van der Waals surface area contributed by atoms with E-state index in [0.717, 1.165) is 39.0 Å². The van der Waals surface area contributed by atoms with Crippen LogP contribution in [0.4, 0.5) is 17.1 Å². The molecule has 11 aromatic carbocycles. The summed E-state index contributed by atoms with van der Waals surface area (Å²) in [5, 5.41) is 7.29. The Morgan fingerprint density at radius 3 is 1.60 bits per heavy atom. The molecule has 0 aliphatic heterocycles. The summed E-state index contributed by atoms with van der Waals surface area (Å²) in [6.45, 7) is 0. The molecule has 1 spiro atoms. The molecule has 1 atom stereocenters. The van der Waals surface area contributed by atoms with Crippen molar-refractivity contribution < 1.29 is 4.42 Å². The van der Waals surface area contributed by atoms with Crippen LogP contribution in [0.5, 0.6) is 0 Å². The quantitative estimate of drug-likeness (QED) is 0.164. The second-order valence-electron chi connectivity index (χ2n) is 17.5. The zero-order valence-electron chi connectivity index (χ0n) is 35.4. The first kappa shape index (κ1) is 36.1. The van der Waals surface area contributed by atoms with Crippen LogP contribution in [0.2, 0.25) is 0 Å². The van der Waals surface area contributed by atoms with Crippen LogP contribution in [0.25, 0.3) is 88.0 Å². The molecule has 0 amide bonds. The van der Waals surface area contributed by atoms with Gasteiger partial charge in [0.1, 0.15) is 5.58 Å². The third-order valence-electron chi connectivity index (χ3n) is 14.3. The minimum absolute atomic E-state index is 0.704. The summed E-state index contributed by atoms with van der Waals surface area (Å²) in [6.07, 6.45) is 0. The topological polar surface area (TPSA) is 16.4 Å². The molecule has 14 rings (SSSR count). The number of benzene rings is 11. The normalized spacial score (nSPS) is 14.5. The van der Waals surface area contributed by atoms with Crippen LogP contribution < -0.4 is 4.90 Å². The number of fused-ring (bicyclic) bond motifs is 20. The van der Waals surface area contributed by atoms with Crippen molar-refractivity contribution in [2.24, 2.45) is 0 Å². The predicted molar refractivity (Wildman–Crippen MR) is 271 cm³/mol. The molecule has 0 fully saturated rings. The number of hydrogen-bond acceptors (Lipinski definition) is 2. The molecule has 302 valence electrons. The first-order valence-corrected chi connectivity index (χ1v) is 22.5. The highest BCUT2D eigenvalue weighted by Gasteiger charge is 2.51. The summed E-state index contributed by atoms with van der Waals surface area (Å²) in [5.41, 5.74) is 19.2. The van der Waals surface area contributed by atoms with Gasteiger partial charge in [0, 0.05) is 22.1 Å². The molecule has 0 radical (unpaired) electrons. The fraction of sp³-hybridized carbons (Fsp3) is 0.0159. The van der Waals surface area contributed by atoms with E-state index in [1.54, 1.807) is 0 Å². The van der Waals surface area contributed by atoms with Crippen molar-refractivity contribution >= 4 is 60.5 Å². The largest absolute Gasteiger partial charge is 0.454 e. The molecule has 2 nitrogen and oxygen atoms in total. The zero-order chi connectivity index (χ0) is 42.6. The molecule has 0 N–H and O–H groups in total. The van der Waals surface area contributed by atoms with E-state index >= 15 is 0 Å². The van der Waals surface area contributed by atoms with Gasteiger partial charge < -0.3 is 9.32 Å². The standard InChI is InChI=1S/C63H39NO/c1-2-17-40(18-3-1)41-33-35-42(36-34-41)64(58-31-16-28-53-50-24-12-15-32-59(50)65-62(53)58)43-37-38-49-45-20-5-4-19-44(45)48-23-10-13-29-55(48)63(57(49)39-43)56-30-14-11-27-54(56)60-51-25-8-6-21-46(51)47-22-7-9-26-52(47)61(60)63/h1-39H. The summed E-state index contributed by atoms with van der Waals surface area (Å²) in [4.78, 5) is 2.41. The summed E-state index contributed by atoms with van der Waals surface area (Å²) >= 11 is 0. The number of rotatable bonds is 4. The Bertz CT molecular complexity index is 3900. The number of para-hydroxylation sites is 2. The fourth-order valence-electron chi connectivity index (χ4n) is 11.7. The lowest BCUT2D eigenvalue weighted by Crippen LogP contribution is -2.30. The maximum Gasteiger partial charge on any atom is 0.159 e. The Morgan fingerprint density at radius 1 is 0.323 bits per heavy atom. The molecular weight excluding hydrogens is 787 g/mol. The maximum absolute atomic E-state index is 6.86. The monoisotopic (exact) mass is 825 g/mol. The average Bonchev–Trinajstić information content (AvgIpc) is 3.89. The van der Waals surface area contributed by atoms with Crippen LogP contribution in [-0.2, 0) is 5.41 Å². The summed E-state index contributed by atoms with van der Waals surface area (Å²) in [6, 6.07) is 87.3. The minimum Gasteiger partial charge on any atom is -0.454 e. The third-order valence-corrected chi connectivity index (χ3v) is 14.3. The molecule has 2 aliphatic carbocycles. The molecule has 65 heavy (non-hydrogen) atoms. The van der Waals surface area contributed by atoms with Gasteiger partial charge in [-0.25, -0.2) is 0 Å². The van der Waals surface area contributed by atoms with Crippen molar-refractivity contribution in [3.8, 4) is 44.5 Å². The van der Waals surface area contributed by atoms with Crippen molar-refractivity contribution in [3.63, 3.8) is 0 Å². The van der Waals surface area contributed by atoms with Crippen LogP contribution in [0.3, 0.4) is 0 Å². The first-order chi connectivity index (χ1) is 32.3. The Hall–Kier alpha value is -8.46. The van der Waals surface area contributed by atoms with Crippen LogP contribution in [0, 0.1) is 0 Å². The van der Waals surface area contributed by atoms with E-state index in [4.69, 9.17) is 4.42 Å². The molecule has 1 aromatic heterocycles. The van der Waals surface area contributed by atoms with Crippen LogP contribution in [-0.4, -0.2) is 0 Å². The maximum atomic E-state index is 6.86. The van der Waals surface area contributed by atoms with Crippen molar-refractivity contribution in [1.29, 1.82) is 0 Å². The third kappa shape index (κ3) is 4.99. The van der Waals surface area contributed by atoms with Crippen LogP contribution in [0.1, 0.15) is 22.3 Å². The van der Waals surface area contributed by atoms with Crippen molar-refractivity contribution in [3.05, 3.63) is 259 Å². The van der Waals surface area contributed by atoms with Gasteiger partial charge in [0.15, 0.2) is 5.58 Å². The lowest BCUT2D eigenvalue weighted by molar-refractivity contribution is 0.669. The average molecular weight is 826 g/mol. The van der Waals surface area contributed by atoms with E-state index in [1.807, 2.05) is 0 Å². The molecule has 0 bridgehead atoms. The molecule has 0 saturated carbocycles. The number of nitrogens with zero attached hydrogens (tertiary/aromatic N) is 1. The summed E-state index contributed by atoms with van der Waals surface area (Å²) < 4.78 is 6.86. The molecule has 2 aliphatic rings. The minimum atomic E-state index is -0.704.